The number of nitrogens with two attached hydrogens (primary N) is 1. The van der Waals surface area contributed by atoms with Gasteiger partial charge in [-0.2, -0.15) is 0 Å². The van der Waals surface area contributed by atoms with Gasteiger partial charge < -0.3 is 15.5 Å². The second-order valence-corrected chi connectivity index (χ2v) is 4.83. The summed E-state index contributed by atoms with van der Waals surface area (Å²) >= 11 is 0. The highest BCUT2D eigenvalue weighted by atomic mass is 16.2. The predicted molar refractivity (Wildman–Crippen MR) is 71.3 cm³/mol. The summed E-state index contributed by atoms with van der Waals surface area (Å²) in [5, 5.41) is 0. The number of carbonyl (C=O) groups excluding carboxylic acids is 1. The smallest absolute Gasteiger partial charge is 0.241 e. The van der Waals surface area contributed by atoms with Gasteiger partial charge >= 0.3 is 0 Å². The van der Waals surface area contributed by atoms with Gasteiger partial charge in [-0.05, 0) is 25.0 Å². The number of hydrogen-bond acceptors (Lipinski definition) is 4. The van der Waals surface area contributed by atoms with Gasteiger partial charge in [0.1, 0.15) is 5.82 Å². The third kappa shape index (κ3) is 2.79. The van der Waals surface area contributed by atoms with Crippen molar-refractivity contribution >= 4 is 11.7 Å². The molecule has 1 atom stereocenters. The Labute approximate surface area is 108 Å². The number of carbonyl (C=O) groups is 1. The van der Waals surface area contributed by atoms with Crippen LogP contribution in [0.15, 0.2) is 18.3 Å². The molecule has 0 saturated carbocycles. The molecule has 1 amide bonds. The highest BCUT2D eigenvalue weighted by Gasteiger charge is 2.19. The van der Waals surface area contributed by atoms with Gasteiger partial charge in [0.05, 0.1) is 6.54 Å². The van der Waals surface area contributed by atoms with Gasteiger partial charge in [-0.1, -0.05) is 6.07 Å². The maximum absolute atomic E-state index is 11.8. The lowest BCUT2D eigenvalue weighted by molar-refractivity contribution is -0.127. The molecule has 0 unspecified atom stereocenters. The molecule has 0 spiro atoms. The van der Waals surface area contributed by atoms with Gasteiger partial charge in [0, 0.05) is 32.4 Å². The molecule has 2 rings (SSSR count). The fourth-order valence-electron chi connectivity index (χ4n) is 2.04. The van der Waals surface area contributed by atoms with Crippen molar-refractivity contribution in [2.45, 2.75) is 19.4 Å². The van der Waals surface area contributed by atoms with Crippen LogP contribution in [0, 0.1) is 0 Å². The van der Waals surface area contributed by atoms with Crippen molar-refractivity contribution in [3.63, 3.8) is 0 Å². The summed E-state index contributed by atoms with van der Waals surface area (Å²) in [5.41, 5.74) is 6.80. The van der Waals surface area contributed by atoms with Crippen molar-refractivity contribution in [3.8, 4) is 0 Å². The molecule has 1 aromatic rings. The first-order chi connectivity index (χ1) is 8.58. The summed E-state index contributed by atoms with van der Waals surface area (Å²) in [5.74, 6) is 0.994. The first-order valence-electron chi connectivity index (χ1n) is 6.28. The van der Waals surface area contributed by atoms with E-state index in [9.17, 15) is 4.79 Å². The van der Waals surface area contributed by atoms with E-state index < -0.39 is 0 Å². The topological polar surface area (TPSA) is 62.5 Å². The van der Waals surface area contributed by atoms with Crippen molar-refractivity contribution in [3.05, 3.63) is 23.9 Å². The Bertz CT molecular complexity index is 416. The maximum atomic E-state index is 11.8. The van der Waals surface area contributed by atoms with E-state index in [1.807, 2.05) is 31.0 Å². The predicted octanol–water partition coefficient (Wildman–Crippen LogP) is 0.770. The van der Waals surface area contributed by atoms with E-state index in [0.29, 0.717) is 6.54 Å². The van der Waals surface area contributed by atoms with E-state index in [1.165, 1.54) is 0 Å². The Morgan fingerprint density at radius 3 is 2.78 bits per heavy atom. The van der Waals surface area contributed by atoms with Crippen molar-refractivity contribution in [2.75, 3.05) is 31.6 Å². The largest absolute Gasteiger partial charge is 0.347 e. The Hall–Kier alpha value is -1.62. The number of aromatic nitrogens is 1. The first-order valence-corrected chi connectivity index (χ1v) is 6.28. The zero-order valence-corrected chi connectivity index (χ0v) is 11.0. The van der Waals surface area contributed by atoms with Crippen LogP contribution in [0.25, 0.3) is 0 Å². The molecule has 1 aliphatic rings. The Balaban J connectivity index is 2.13. The van der Waals surface area contributed by atoms with Gasteiger partial charge in [0.15, 0.2) is 0 Å². The molecule has 18 heavy (non-hydrogen) atoms. The van der Waals surface area contributed by atoms with Crippen LogP contribution in [-0.4, -0.2) is 42.5 Å². The van der Waals surface area contributed by atoms with Crippen molar-refractivity contribution in [1.29, 1.82) is 0 Å². The van der Waals surface area contributed by atoms with Crippen LogP contribution in [0.2, 0.25) is 0 Å². The van der Waals surface area contributed by atoms with Crippen molar-refractivity contribution in [2.24, 2.45) is 5.73 Å². The molecule has 98 valence electrons. The molecule has 1 fully saturated rings. The summed E-state index contributed by atoms with van der Waals surface area (Å²) in [7, 11) is 1.85. The quantitative estimate of drug-likeness (QED) is 0.839. The highest BCUT2D eigenvalue weighted by molar-refractivity contribution is 5.81. The standard InChI is InChI=1S/C13H20N4O/c1-10(14)11-4-5-12(15-8-11)17-7-3-6-16(2)13(18)9-17/h4-5,8,10H,3,6-7,9,14H2,1-2H3/t10-/m0/s1. The number of pyridine rings is 1. The van der Waals surface area contributed by atoms with E-state index in [4.69, 9.17) is 5.73 Å². The molecule has 0 aliphatic carbocycles. The Morgan fingerprint density at radius 2 is 2.17 bits per heavy atom. The number of likely N-dealkylation sites (N-methyl/N-ethyl adjacent to an activating group) is 1. The first kappa shape index (κ1) is 12.8. The Morgan fingerprint density at radius 1 is 1.39 bits per heavy atom. The maximum Gasteiger partial charge on any atom is 0.241 e. The van der Waals surface area contributed by atoms with Gasteiger partial charge in [-0.3, -0.25) is 4.79 Å². The van der Waals surface area contributed by atoms with Crippen LogP contribution >= 0.6 is 0 Å². The average Bonchev–Trinajstić information content (AvgIpc) is 2.52. The van der Waals surface area contributed by atoms with E-state index in [0.717, 1.165) is 30.9 Å². The minimum atomic E-state index is -0.0107. The molecule has 1 saturated heterocycles. The molecule has 0 radical (unpaired) electrons. The zero-order chi connectivity index (χ0) is 13.1. The van der Waals surface area contributed by atoms with Crippen LogP contribution in [0.5, 0.6) is 0 Å². The molecular weight excluding hydrogens is 228 g/mol. The van der Waals surface area contributed by atoms with Crippen LogP contribution in [0.3, 0.4) is 0 Å². The normalized spacial score (nSPS) is 18.7. The molecule has 0 aromatic carbocycles. The van der Waals surface area contributed by atoms with Crippen molar-refractivity contribution < 1.29 is 4.79 Å². The van der Waals surface area contributed by atoms with Crippen LogP contribution in [0.4, 0.5) is 5.82 Å². The van der Waals surface area contributed by atoms with Gasteiger partial charge in [0.2, 0.25) is 5.91 Å². The van der Waals surface area contributed by atoms with E-state index >= 15 is 0 Å². The number of amides is 1. The van der Waals surface area contributed by atoms with Crippen molar-refractivity contribution in [1.82, 2.24) is 9.88 Å². The zero-order valence-electron chi connectivity index (χ0n) is 11.0. The number of hydrogen-bond donors (Lipinski definition) is 1. The summed E-state index contributed by atoms with van der Waals surface area (Å²) in [4.78, 5) is 20.0. The second-order valence-electron chi connectivity index (χ2n) is 4.83. The molecular formula is C13H20N4O. The highest BCUT2D eigenvalue weighted by Crippen LogP contribution is 2.16. The lowest BCUT2D eigenvalue weighted by atomic mass is 10.1. The number of nitrogens with zero attached hydrogens (tertiary/aromatic N) is 3. The molecule has 2 heterocycles. The average molecular weight is 248 g/mol. The van der Waals surface area contributed by atoms with E-state index in [-0.39, 0.29) is 11.9 Å². The third-order valence-corrected chi connectivity index (χ3v) is 3.29. The fraction of sp³-hybridized carbons (Fsp3) is 0.538. The monoisotopic (exact) mass is 248 g/mol. The summed E-state index contributed by atoms with van der Waals surface area (Å²) in [6.45, 7) is 4.01. The summed E-state index contributed by atoms with van der Waals surface area (Å²) < 4.78 is 0. The number of rotatable bonds is 2. The molecule has 5 heteroatoms. The van der Waals surface area contributed by atoms with Crippen LogP contribution in [0.1, 0.15) is 24.9 Å². The van der Waals surface area contributed by atoms with Crippen LogP contribution < -0.4 is 10.6 Å². The van der Waals surface area contributed by atoms with Gasteiger partial charge in [0.25, 0.3) is 0 Å². The fourth-order valence-corrected chi connectivity index (χ4v) is 2.04. The molecule has 5 nitrogen and oxygen atoms in total. The minimum Gasteiger partial charge on any atom is -0.347 e. The minimum absolute atomic E-state index is 0.0107. The Kier molecular flexibility index (Phi) is 3.81. The van der Waals surface area contributed by atoms with E-state index in [1.54, 1.807) is 11.1 Å². The lowest BCUT2D eigenvalue weighted by Crippen LogP contribution is -2.34. The molecule has 1 aliphatic heterocycles. The van der Waals surface area contributed by atoms with Crippen LogP contribution in [-0.2, 0) is 4.79 Å². The number of anilines is 1. The second kappa shape index (κ2) is 5.35. The lowest BCUT2D eigenvalue weighted by Gasteiger charge is -2.21. The summed E-state index contributed by atoms with van der Waals surface area (Å²) in [6.07, 6.45) is 2.76. The van der Waals surface area contributed by atoms with Gasteiger partial charge in [-0.15, -0.1) is 0 Å². The van der Waals surface area contributed by atoms with Gasteiger partial charge in [-0.25, -0.2) is 4.98 Å². The molecule has 0 bridgehead atoms. The SMILES string of the molecule is C[C@H](N)c1ccc(N2CCCN(C)C(=O)C2)nc1. The van der Waals surface area contributed by atoms with E-state index in [2.05, 4.69) is 4.98 Å². The third-order valence-electron chi connectivity index (χ3n) is 3.29. The summed E-state index contributed by atoms with van der Waals surface area (Å²) in [6, 6.07) is 3.91. The molecule has 1 aromatic heterocycles. The molecule has 2 N–H and O–H groups in total.